The average molecular weight is 338 g/mol. The van der Waals surface area contributed by atoms with Gasteiger partial charge in [-0.1, -0.05) is 43.3 Å². The van der Waals surface area contributed by atoms with E-state index in [9.17, 15) is 4.79 Å². The summed E-state index contributed by atoms with van der Waals surface area (Å²) in [6.07, 6.45) is 1.05. The van der Waals surface area contributed by atoms with Crippen LogP contribution in [-0.2, 0) is 19.5 Å². The molecule has 0 bridgehead atoms. The normalized spacial score (nSPS) is 11.2. The lowest BCUT2D eigenvalue weighted by molar-refractivity contribution is 0.1000. The van der Waals surface area contributed by atoms with Gasteiger partial charge in [-0.15, -0.1) is 0 Å². The number of aryl methyl sites for hydroxylation is 1. The first kappa shape index (κ1) is 18.5. The number of carbonyl (C=O) groups excluding carboxylic acids is 1. The van der Waals surface area contributed by atoms with Crippen molar-refractivity contribution in [2.75, 3.05) is 14.1 Å². The molecule has 2 rings (SSSR count). The molecule has 0 aliphatic heterocycles. The first-order chi connectivity index (χ1) is 12.0. The number of hydrogen-bond acceptors (Lipinski definition) is 2. The Bertz CT molecular complexity index is 738. The van der Waals surface area contributed by atoms with Crippen molar-refractivity contribution in [2.45, 2.75) is 26.4 Å². The molecule has 1 amide bonds. The van der Waals surface area contributed by atoms with Crippen LogP contribution in [0.2, 0.25) is 0 Å². The van der Waals surface area contributed by atoms with E-state index in [1.807, 2.05) is 19.2 Å². The minimum atomic E-state index is -0.418. The van der Waals surface area contributed by atoms with Gasteiger partial charge in [0.15, 0.2) is 5.96 Å². The zero-order valence-electron chi connectivity index (χ0n) is 15.1. The van der Waals surface area contributed by atoms with Gasteiger partial charge in [0.25, 0.3) is 0 Å². The van der Waals surface area contributed by atoms with Gasteiger partial charge in [-0.25, -0.2) is 0 Å². The minimum absolute atomic E-state index is 0.418. The first-order valence-corrected chi connectivity index (χ1v) is 8.41. The van der Waals surface area contributed by atoms with Crippen LogP contribution in [0.15, 0.2) is 53.5 Å². The highest BCUT2D eigenvalue weighted by Gasteiger charge is 2.07. The van der Waals surface area contributed by atoms with Crippen molar-refractivity contribution in [3.8, 4) is 0 Å². The summed E-state index contributed by atoms with van der Waals surface area (Å²) in [5.74, 6) is 0.378. The fourth-order valence-corrected chi connectivity index (χ4v) is 2.63. The molecular weight excluding hydrogens is 312 g/mol. The number of nitrogens with one attached hydrogen (secondary N) is 1. The summed E-state index contributed by atoms with van der Waals surface area (Å²) in [7, 11) is 3.77. The fourth-order valence-electron chi connectivity index (χ4n) is 2.63. The summed E-state index contributed by atoms with van der Waals surface area (Å²) in [4.78, 5) is 17.7. The van der Waals surface area contributed by atoms with Gasteiger partial charge in [-0.2, -0.15) is 0 Å². The molecule has 0 heterocycles. The number of carbonyl (C=O) groups is 1. The van der Waals surface area contributed by atoms with Crippen LogP contribution in [-0.4, -0.2) is 30.9 Å². The summed E-state index contributed by atoms with van der Waals surface area (Å²) in [6.45, 7) is 3.50. The van der Waals surface area contributed by atoms with Crippen molar-refractivity contribution in [1.82, 2.24) is 10.2 Å². The van der Waals surface area contributed by atoms with Gasteiger partial charge in [-0.3, -0.25) is 9.79 Å². The van der Waals surface area contributed by atoms with Gasteiger partial charge in [0.2, 0.25) is 5.91 Å². The summed E-state index contributed by atoms with van der Waals surface area (Å²) < 4.78 is 0. The number of nitrogens with zero attached hydrogens (tertiary/aromatic N) is 2. The van der Waals surface area contributed by atoms with E-state index in [0.29, 0.717) is 12.1 Å². The van der Waals surface area contributed by atoms with E-state index < -0.39 is 5.91 Å². The van der Waals surface area contributed by atoms with Gasteiger partial charge in [0.05, 0.1) is 0 Å². The maximum absolute atomic E-state index is 11.3. The van der Waals surface area contributed by atoms with E-state index in [0.717, 1.165) is 24.5 Å². The number of guanidine groups is 1. The van der Waals surface area contributed by atoms with Crippen molar-refractivity contribution >= 4 is 11.9 Å². The molecule has 25 heavy (non-hydrogen) atoms. The van der Waals surface area contributed by atoms with Gasteiger partial charge >= 0.3 is 0 Å². The highest BCUT2D eigenvalue weighted by molar-refractivity contribution is 5.92. The summed E-state index contributed by atoms with van der Waals surface area (Å²) >= 11 is 0. The van der Waals surface area contributed by atoms with Crippen LogP contribution in [0.4, 0.5) is 0 Å². The van der Waals surface area contributed by atoms with Crippen molar-refractivity contribution < 1.29 is 4.79 Å². The lowest BCUT2D eigenvalue weighted by Crippen LogP contribution is -2.38. The third-order valence-electron chi connectivity index (χ3n) is 4.09. The Morgan fingerprint density at radius 3 is 2.40 bits per heavy atom. The summed E-state index contributed by atoms with van der Waals surface area (Å²) in [6, 6.07) is 15.9. The highest BCUT2D eigenvalue weighted by Crippen LogP contribution is 2.08. The second kappa shape index (κ2) is 8.87. The van der Waals surface area contributed by atoms with Crippen molar-refractivity contribution in [1.29, 1.82) is 0 Å². The van der Waals surface area contributed by atoms with E-state index in [1.54, 1.807) is 19.2 Å². The Hall–Kier alpha value is -2.82. The molecule has 2 aromatic rings. The van der Waals surface area contributed by atoms with Crippen LogP contribution in [0.25, 0.3) is 0 Å². The average Bonchev–Trinajstić information content (AvgIpc) is 2.63. The van der Waals surface area contributed by atoms with E-state index in [4.69, 9.17) is 5.73 Å². The van der Waals surface area contributed by atoms with Crippen LogP contribution in [0, 0.1) is 0 Å². The molecule has 5 heteroatoms. The van der Waals surface area contributed by atoms with E-state index in [-0.39, 0.29) is 0 Å². The Morgan fingerprint density at radius 2 is 1.80 bits per heavy atom. The molecule has 5 nitrogen and oxygen atoms in total. The maximum Gasteiger partial charge on any atom is 0.248 e. The van der Waals surface area contributed by atoms with Crippen LogP contribution >= 0.6 is 0 Å². The van der Waals surface area contributed by atoms with E-state index in [1.165, 1.54) is 11.1 Å². The molecule has 0 spiro atoms. The molecule has 0 aromatic heterocycles. The number of primary amides is 1. The molecule has 0 unspecified atom stereocenters. The number of hydrogen-bond donors (Lipinski definition) is 2. The molecule has 0 aliphatic rings. The zero-order chi connectivity index (χ0) is 18.2. The Morgan fingerprint density at radius 1 is 1.12 bits per heavy atom. The minimum Gasteiger partial charge on any atom is -0.366 e. The molecule has 0 saturated heterocycles. The molecule has 0 atom stereocenters. The number of nitrogens with two attached hydrogens (primary N) is 1. The zero-order valence-corrected chi connectivity index (χ0v) is 15.1. The summed E-state index contributed by atoms with van der Waals surface area (Å²) in [5, 5.41) is 3.32. The fraction of sp³-hybridized carbons (Fsp3) is 0.300. The third-order valence-corrected chi connectivity index (χ3v) is 4.09. The topological polar surface area (TPSA) is 70.7 Å². The van der Waals surface area contributed by atoms with Crippen LogP contribution in [0.1, 0.15) is 34.0 Å². The van der Waals surface area contributed by atoms with E-state index >= 15 is 0 Å². The SMILES string of the molecule is CCc1ccc(CN(C)C(=NC)NCc2cccc(C(N)=O)c2)cc1. The number of aliphatic imine (C=N–C) groups is 1. The molecule has 0 aliphatic carbocycles. The molecule has 0 fully saturated rings. The number of amides is 1. The second-order valence-electron chi connectivity index (χ2n) is 5.99. The molecule has 2 aromatic carbocycles. The molecule has 132 valence electrons. The van der Waals surface area contributed by atoms with Crippen LogP contribution in [0.5, 0.6) is 0 Å². The van der Waals surface area contributed by atoms with Crippen molar-refractivity contribution in [2.24, 2.45) is 10.7 Å². The molecule has 0 radical (unpaired) electrons. The quantitative estimate of drug-likeness (QED) is 0.628. The molecular formula is C20H26N4O. The van der Waals surface area contributed by atoms with Gasteiger partial charge in [0.1, 0.15) is 0 Å². The summed E-state index contributed by atoms with van der Waals surface area (Å²) in [5.41, 5.74) is 9.40. The number of benzene rings is 2. The number of rotatable bonds is 6. The highest BCUT2D eigenvalue weighted by atomic mass is 16.1. The van der Waals surface area contributed by atoms with Crippen LogP contribution in [0.3, 0.4) is 0 Å². The van der Waals surface area contributed by atoms with Crippen molar-refractivity contribution in [3.63, 3.8) is 0 Å². The van der Waals surface area contributed by atoms with E-state index in [2.05, 4.69) is 46.4 Å². The Balaban J connectivity index is 1.96. The Labute approximate surface area is 149 Å². The standard InChI is InChI=1S/C20H26N4O/c1-4-15-8-10-16(11-9-15)14-24(3)20(22-2)23-13-17-6-5-7-18(12-17)19(21)25/h5-12H,4,13-14H2,1-3H3,(H2,21,25)(H,22,23). The Kier molecular flexibility index (Phi) is 6.57. The lowest BCUT2D eigenvalue weighted by atomic mass is 10.1. The first-order valence-electron chi connectivity index (χ1n) is 8.41. The third kappa shape index (κ3) is 5.35. The van der Waals surface area contributed by atoms with Gasteiger partial charge < -0.3 is 16.0 Å². The molecule has 0 saturated carbocycles. The monoisotopic (exact) mass is 338 g/mol. The smallest absolute Gasteiger partial charge is 0.248 e. The predicted octanol–water partition coefficient (Wildman–Crippen LogP) is 2.56. The van der Waals surface area contributed by atoms with Crippen molar-refractivity contribution in [3.05, 3.63) is 70.8 Å². The lowest BCUT2D eigenvalue weighted by Gasteiger charge is -2.22. The largest absolute Gasteiger partial charge is 0.366 e. The molecule has 3 N–H and O–H groups in total. The maximum atomic E-state index is 11.3. The van der Waals surface area contributed by atoms with Crippen LogP contribution < -0.4 is 11.1 Å². The van der Waals surface area contributed by atoms with Gasteiger partial charge in [-0.05, 0) is 35.2 Å². The predicted molar refractivity (Wildman–Crippen MR) is 102 cm³/mol. The van der Waals surface area contributed by atoms with Gasteiger partial charge in [0, 0.05) is 32.7 Å². The second-order valence-corrected chi connectivity index (χ2v) is 5.99.